The van der Waals surface area contributed by atoms with Crippen LogP contribution in [-0.4, -0.2) is 29.7 Å². The minimum atomic E-state index is -4.35. The molecule has 1 fully saturated rings. The highest BCUT2D eigenvalue weighted by Gasteiger charge is 2.39. The van der Waals surface area contributed by atoms with Gasteiger partial charge in [0.2, 0.25) is 0 Å². The van der Waals surface area contributed by atoms with E-state index in [2.05, 4.69) is 24.3 Å². The SMILES string of the molecule is O=C(OCC1c2ccccc2-c2ccccc21)N1C2C=C(c3ccc(C(F)(F)F)cc3)CC1CCC2. The van der Waals surface area contributed by atoms with Crippen molar-refractivity contribution in [1.29, 1.82) is 0 Å². The number of nitrogens with zero attached hydrogens (tertiary/aromatic N) is 1. The van der Waals surface area contributed by atoms with Gasteiger partial charge in [-0.05, 0) is 71.2 Å². The lowest BCUT2D eigenvalue weighted by atomic mass is 9.83. The molecule has 184 valence electrons. The van der Waals surface area contributed by atoms with Crippen LogP contribution in [0.15, 0.2) is 78.9 Å². The molecule has 2 unspecified atom stereocenters. The fourth-order valence-corrected chi connectivity index (χ4v) is 6.07. The van der Waals surface area contributed by atoms with Crippen molar-refractivity contribution in [3.8, 4) is 11.1 Å². The number of alkyl halides is 3. The van der Waals surface area contributed by atoms with Gasteiger partial charge in [0, 0.05) is 12.0 Å². The summed E-state index contributed by atoms with van der Waals surface area (Å²) in [6.45, 7) is 0.276. The van der Waals surface area contributed by atoms with Crippen molar-refractivity contribution in [2.75, 3.05) is 6.61 Å². The monoisotopic (exact) mass is 489 g/mol. The summed E-state index contributed by atoms with van der Waals surface area (Å²) in [5.74, 6) is 0.00392. The van der Waals surface area contributed by atoms with Crippen LogP contribution in [-0.2, 0) is 10.9 Å². The summed E-state index contributed by atoms with van der Waals surface area (Å²) in [5.41, 5.74) is 5.86. The number of hydrogen-bond acceptors (Lipinski definition) is 2. The van der Waals surface area contributed by atoms with Crippen molar-refractivity contribution in [2.24, 2.45) is 0 Å². The molecule has 3 aliphatic rings. The minimum Gasteiger partial charge on any atom is -0.448 e. The lowest BCUT2D eigenvalue weighted by molar-refractivity contribution is -0.137. The molecule has 1 aliphatic carbocycles. The summed E-state index contributed by atoms with van der Waals surface area (Å²) in [6, 6.07) is 21.7. The smallest absolute Gasteiger partial charge is 0.416 e. The second-order valence-electron chi connectivity index (χ2n) is 9.83. The molecule has 6 rings (SSSR count). The maximum atomic E-state index is 13.3. The van der Waals surface area contributed by atoms with Crippen molar-refractivity contribution in [2.45, 2.75) is 49.9 Å². The zero-order chi connectivity index (χ0) is 24.9. The van der Waals surface area contributed by atoms with Gasteiger partial charge in [-0.2, -0.15) is 13.2 Å². The molecule has 0 aromatic heterocycles. The molecule has 0 saturated carbocycles. The Morgan fingerprint density at radius 3 is 2.14 bits per heavy atom. The van der Waals surface area contributed by atoms with Gasteiger partial charge in [-0.25, -0.2) is 4.79 Å². The number of halogens is 3. The Morgan fingerprint density at radius 2 is 1.53 bits per heavy atom. The number of piperidine rings is 1. The van der Waals surface area contributed by atoms with Crippen LogP contribution in [0.25, 0.3) is 16.7 Å². The molecule has 36 heavy (non-hydrogen) atoms. The van der Waals surface area contributed by atoms with Gasteiger partial charge in [0.25, 0.3) is 0 Å². The van der Waals surface area contributed by atoms with E-state index in [-0.39, 0.29) is 30.7 Å². The van der Waals surface area contributed by atoms with Crippen molar-refractivity contribution in [3.63, 3.8) is 0 Å². The molecule has 1 amide bonds. The van der Waals surface area contributed by atoms with Crippen molar-refractivity contribution in [1.82, 2.24) is 4.90 Å². The van der Waals surface area contributed by atoms with Gasteiger partial charge < -0.3 is 4.74 Å². The van der Waals surface area contributed by atoms with Crippen molar-refractivity contribution >= 4 is 11.7 Å². The molecule has 3 aromatic carbocycles. The van der Waals surface area contributed by atoms with Gasteiger partial charge in [-0.1, -0.05) is 66.7 Å². The average molecular weight is 490 g/mol. The highest BCUT2D eigenvalue weighted by molar-refractivity contribution is 5.79. The molecule has 3 nitrogen and oxygen atoms in total. The van der Waals surface area contributed by atoms with Gasteiger partial charge in [0.1, 0.15) is 6.61 Å². The van der Waals surface area contributed by atoms with Crippen LogP contribution in [0.5, 0.6) is 0 Å². The molecule has 0 spiro atoms. The van der Waals surface area contributed by atoms with Gasteiger partial charge >= 0.3 is 12.3 Å². The number of carbonyl (C=O) groups excluding carboxylic acids is 1. The molecule has 2 aliphatic heterocycles. The van der Waals surface area contributed by atoms with E-state index in [0.29, 0.717) is 6.42 Å². The highest BCUT2D eigenvalue weighted by Crippen LogP contribution is 2.45. The molecule has 3 aromatic rings. The Morgan fingerprint density at radius 1 is 0.889 bits per heavy atom. The van der Waals surface area contributed by atoms with Gasteiger partial charge in [0.05, 0.1) is 11.6 Å². The van der Waals surface area contributed by atoms with Crippen LogP contribution in [0.1, 0.15) is 53.9 Å². The average Bonchev–Trinajstić information content (AvgIpc) is 3.20. The molecule has 6 heteroatoms. The third kappa shape index (κ3) is 3.98. The summed E-state index contributed by atoms with van der Waals surface area (Å²) >= 11 is 0. The molecule has 2 atom stereocenters. The van der Waals surface area contributed by atoms with E-state index in [1.54, 1.807) is 0 Å². The van der Waals surface area contributed by atoms with Crippen LogP contribution < -0.4 is 0 Å². The first-order chi connectivity index (χ1) is 17.4. The van der Waals surface area contributed by atoms with Crippen LogP contribution in [0, 0.1) is 0 Å². The standard InChI is InChI=1S/C30H26F3NO2/c31-30(32,33)21-14-12-19(13-15-21)20-16-22-6-5-7-23(17-20)34(22)29(35)36-18-28-26-10-3-1-8-24(26)25-9-2-4-11-27(25)28/h1-4,8-16,22-23,28H,5-7,17-18H2. The first-order valence-electron chi connectivity index (χ1n) is 12.4. The van der Waals surface area contributed by atoms with E-state index in [4.69, 9.17) is 4.74 Å². The Balaban J connectivity index is 1.20. The normalized spacial score (nSPS) is 21.0. The summed E-state index contributed by atoms with van der Waals surface area (Å²) < 4.78 is 44.8. The Kier molecular flexibility index (Phi) is 5.62. The minimum absolute atomic E-state index is 0.00392. The molecule has 1 saturated heterocycles. The molecular weight excluding hydrogens is 463 g/mol. The van der Waals surface area contributed by atoms with E-state index >= 15 is 0 Å². The van der Waals surface area contributed by atoms with Crippen LogP contribution >= 0.6 is 0 Å². The molecular formula is C30H26F3NO2. The third-order valence-corrected chi connectivity index (χ3v) is 7.77. The second kappa shape index (κ2) is 8.84. The first kappa shape index (κ1) is 22.9. The topological polar surface area (TPSA) is 29.5 Å². The fourth-order valence-electron chi connectivity index (χ4n) is 6.07. The number of hydrogen-bond donors (Lipinski definition) is 0. The van der Waals surface area contributed by atoms with E-state index in [1.807, 2.05) is 35.2 Å². The maximum Gasteiger partial charge on any atom is 0.416 e. The summed E-state index contributed by atoms with van der Waals surface area (Å²) in [7, 11) is 0. The van der Waals surface area contributed by atoms with Gasteiger partial charge in [0.15, 0.2) is 0 Å². The Bertz CT molecular complexity index is 1280. The van der Waals surface area contributed by atoms with E-state index < -0.39 is 11.7 Å². The number of amides is 1. The van der Waals surface area contributed by atoms with E-state index in [0.717, 1.165) is 42.5 Å². The third-order valence-electron chi connectivity index (χ3n) is 7.77. The highest BCUT2D eigenvalue weighted by atomic mass is 19.4. The maximum absolute atomic E-state index is 13.3. The lowest BCUT2D eigenvalue weighted by Gasteiger charge is -2.44. The lowest BCUT2D eigenvalue weighted by Crippen LogP contribution is -2.51. The van der Waals surface area contributed by atoms with Crippen molar-refractivity contribution in [3.05, 3.63) is 101 Å². The predicted molar refractivity (Wildman–Crippen MR) is 132 cm³/mol. The molecule has 0 radical (unpaired) electrons. The molecule has 0 N–H and O–H groups in total. The first-order valence-corrected chi connectivity index (χ1v) is 12.4. The predicted octanol–water partition coefficient (Wildman–Crippen LogP) is 7.66. The number of ether oxygens (including phenoxy) is 1. The number of carbonyl (C=O) groups is 1. The second-order valence-corrected chi connectivity index (χ2v) is 9.83. The quantitative estimate of drug-likeness (QED) is 0.378. The fraction of sp³-hybridized carbons (Fsp3) is 0.300. The molecule has 2 heterocycles. The van der Waals surface area contributed by atoms with E-state index in [9.17, 15) is 18.0 Å². The van der Waals surface area contributed by atoms with Gasteiger partial charge in [-0.15, -0.1) is 0 Å². The van der Waals surface area contributed by atoms with Crippen LogP contribution in [0.4, 0.5) is 18.0 Å². The molecule has 2 bridgehead atoms. The van der Waals surface area contributed by atoms with Gasteiger partial charge in [-0.3, -0.25) is 4.90 Å². The summed E-state index contributed by atoms with van der Waals surface area (Å²) in [5, 5.41) is 0. The largest absolute Gasteiger partial charge is 0.448 e. The number of fused-ring (bicyclic) bond motifs is 5. The zero-order valence-corrected chi connectivity index (χ0v) is 19.7. The number of benzene rings is 3. The van der Waals surface area contributed by atoms with Crippen molar-refractivity contribution < 1.29 is 22.7 Å². The van der Waals surface area contributed by atoms with Crippen LogP contribution in [0.3, 0.4) is 0 Å². The summed E-state index contributed by atoms with van der Waals surface area (Å²) in [4.78, 5) is 15.2. The van der Waals surface area contributed by atoms with E-state index in [1.165, 1.54) is 34.4 Å². The van der Waals surface area contributed by atoms with Crippen LogP contribution in [0.2, 0.25) is 0 Å². The Labute approximate surface area is 208 Å². The Hall–Kier alpha value is -3.54. The zero-order valence-electron chi connectivity index (χ0n) is 19.7. The summed E-state index contributed by atoms with van der Waals surface area (Å²) in [6.07, 6.45) is 0.695. The number of rotatable bonds is 3.